The van der Waals surface area contributed by atoms with Crippen LogP contribution in [0.15, 0.2) is 48.8 Å². The highest BCUT2D eigenvalue weighted by Gasteiger charge is 2.20. The van der Waals surface area contributed by atoms with Gasteiger partial charge in [-0.25, -0.2) is 0 Å². The van der Waals surface area contributed by atoms with Gasteiger partial charge in [0.1, 0.15) is 5.01 Å². The van der Waals surface area contributed by atoms with Gasteiger partial charge in [0.15, 0.2) is 0 Å². The minimum absolute atomic E-state index is 0.124. The Morgan fingerprint density at radius 2 is 1.88 bits per heavy atom. The zero-order valence-electron chi connectivity index (χ0n) is 14.4. The number of nitrogens with zero attached hydrogens (tertiary/aromatic N) is 5. The van der Waals surface area contributed by atoms with Gasteiger partial charge in [-0.2, -0.15) is 0 Å². The standard InChI is InChI=1S/C18H19N5OS/c1-4-23(17(24)14-6-5-11-19-12-14)18-21-20-16(25-18)13-7-9-15(10-8-13)22(2)3/h5-12H,4H2,1-3H3. The Labute approximate surface area is 150 Å². The number of amides is 1. The zero-order chi connectivity index (χ0) is 17.8. The Hall–Kier alpha value is -2.80. The van der Waals surface area contributed by atoms with Crippen LogP contribution in [0.4, 0.5) is 10.8 Å². The van der Waals surface area contributed by atoms with Crippen molar-refractivity contribution in [3.63, 3.8) is 0 Å². The molecule has 7 heteroatoms. The number of hydrogen-bond acceptors (Lipinski definition) is 6. The first kappa shape index (κ1) is 17.0. The molecule has 0 spiro atoms. The van der Waals surface area contributed by atoms with E-state index in [4.69, 9.17) is 0 Å². The summed E-state index contributed by atoms with van der Waals surface area (Å²) in [5.41, 5.74) is 2.64. The van der Waals surface area contributed by atoms with Crippen LogP contribution in [0.1, 0.15) is 17.3 Å². The Bertz CT molecular complexity index is 845. The third-order valence-electron chi connectivity index (χ3n) is 3.75. The first-order valence-electron chi connectivity index (χ1n) is 7.93. The maximum Gasteiger partial charge on any atom is 0.261 e. The lowest BCUT2D eigenvalue weighted by Gasteiger charge is -2.16. The highest BCUT2D eigenvalue weighted by Crippen LogP contribution is 2.30. The number of pyridine rings is 1. The molecule has 3 rings (SSSR count). The summed E-state index contributed by atoms with van der Waals surface area (Å²) < 4.78 is 0. The molecule has 1 aromatic carbocycles. The maximum atomic E-state index is 12.7. The quantitative estimate of drug-likeness (QED) is 0.704. The molecule has 0 radical (unpaired) electrons. The van der Waals surface area contributed by atoms with Crippen molar-refractivity contribution in [1.29, 1.82) is 0 Å². The van der Waals surface area contributed by atoms with E-state index in [2.05, 4.69) is 15.2 Å². The van der Waals surface area contributed by atoms with Crippen LogP contribution in [0.2, 0.25) is 0 Å². The van der Waals surface area contributed by atoms with Crippen LogP contribution in [-0.2, 0) is 0 Å². The highest BCUT2D eigenvalue weighted by atomic mass is 32.1. The second-order valence-corrected chi connectivity index (χ2v) is 6.58. The summed E-state index contributed by atoms with van der Waals surface area (Å²) in [6.07, 6.45) is 3.21. The molecular formula is C18H19N5OS. The topological polar surface area (TPSA) is 62.2 Å². The van der Waals surface area contributed by atoms with Crippen molar-refractivity contribution in [3.05, 3.63) is 54.4 Å². The fraction of sp³-hybridized carbons (Fsp3) is 0.222. The Kier molecular flexibility index (Phi) is 5.04. The molecule has 2 aromatic heterocycles. The first-order chi connectivity index (χ1) is 12.1. The minimum atomic E-state index is -0.124. The van der Waals surface area contributed by atoms with Gasteiger partial charge in [-0.05, 0) is 43.3 Å². The molecule has 0 unspecified atom stereocenters. The molecule has 0 fully saturated rings. The highest BCUT2D eigenvalue weighted by molar-refractivity contribution is 7.18. The van der Waals surface area contributed by atoms with E-state index in [0.29, 0.717) is 17.2 Å². The molecule has 3 aromatic rings. The molecule has 6 nitrogen and oxygen atoms in total. The Balaban J connectivity index is 1.85. The van der Waals surface area contributed by atoms with Crippen molar-refractivity contribution >= 4 is 28.1 Å². The van der Waals surface area contributed by atoms with Gasteiger partial charge in [-0.15, -0.1) is 10.2 Å². The van der Waals surface area contributed by atoms with Crippen molar-refractivity contribution in [2.75, 3.05) is 30.4 Å². The Morgan fingerprint density at radius 3 is 2.48 bits per heavy atom. The monoisotopic (exact) mass is 353 g/mol. The largest absolute Gasteiger partial charge is 0.378 e. The molecule has 0 atom stereocenters. The van der Waals surface area contributed by atoms with Crippen LogP contribution in [-0.4, -0.2) is 41.7 Å². The van der Waals surface area contributed by atoms with Gasteiger partial charge in [-0.1, -0.05) is 11.3 Å². The van der Waals surface area contributed by atoms with E-state index in [9.17, 15) is 4.79 Å². The van der Waals surface area contributed by atoms with Crippen LogP contribution in [0, 0.1) is 0 Å². The minimum Gasteiger partial charge on any atom is -0.378 e. The van der Waals surface area contributed by atoms with Crippen LogP contribution in [0.5, 0.6) is 0 Å². The van der Waals surface area contributed by atoms with Crippen molar-refractivity contribution in [3.8, 4) is 10.6 Å². The molecule has 0 aliphatic heterocycles. The SMILES string of the molecule is CCN(C(=O)c1cccnc1)c1nnc(-c2ccc(N(C)C)cc2)s1. The summed E-state index contributed by atoms with van der Waals surface area (Å²) in [5.74, 6) is -0.124. The van der Waals surface area contributed by atoms with Gasteiger partial charge in [0.05, 0.1) is 5.56 Å². The molecule has 0 bridgehead atoms. The van der Waals surface area contributed by atoms with E-state index < -0.39 is 0 Å². The lowest BCUT2D eigenvalue weighted by atomic mass is 10.2. The fourth-order valence-corrected chi connectivity index (χ4v) is 3.27. The Morgan fingerprint density at radius 1 is 1.12 bits per heavy atom. The van der Waals surface area contributed by atoms with Crippen molar-refractivity contribution in [2.45, 2.75) is 6.92 Å². The molecule has 0 saturated heterocycles. The number of carbonyl (C=O) groups is 1. The van der Waals surface area contributed by atoms with E-state index >= 15 is 0 Å². The van der Waals surface area contributed by atoms with Crippen molar-refractivity contribution < 1.29 is 4.79 Å². The van der Waals surface area contributed by atoms with E-state index in [1.54, 1.807) is 29.4 Å². The zero-order valence-corrected chi connectivity index (χ0v) is 15.2. The second kappa shape index (κ2) is 7.40. The predicted octanol–water partition coefficient (Wildman–Crippen LogP) is 3.33. The number of anilines is 2. The summed E-state index contributed by atoms with van der Waals surface area (Å²) in [6, 6.07) is 11.6. The first-order valence-corrected chi connectivity index (χ1v) is 8.75. The molecule has 25 heavy (non-hydrogen) atoms. The van der Waals surface area contributed by atoms with Gasteiger partial charge in [0.2, 0.25) is 5.13 Å². The van der Waals surface area contributed by atoms with Gasteiger partial charge in [-0.3, -0.25) is 14.7 Å². The maximum absolute atomic E-state index is 12.7. The van der Waals surface area contributed by atoms with Gasteiger partial charge >= 0.3 is 0 Å². The van der Waals surface area contributed by atoms with Crippen molar-refractivity contribution in [1.82, 2.24) is 15.2 Å². The summed E-state index contributed by atoms with van der Waals surface area (Å²) >= 11 is 1.40. The number of rotatable bonds is 5. The van der Waals surface area contributed by atoms with Gasteiger partial charge in [0.25, 0.3) is 5.91 Å². The number of benzene rings is 1. The average molecular weight is 353 g/mol. The summed E-state index contributed by atoms with van der Waals surface area (Å²) in [6.45, 7) is 2.43. The smallest absolute Gasteiger partial charge is 0.261 e. The molecule has 0 N–H and O–H groups in total. The third kappa shape index (κ3) is 3.66. The van der Waals surface area contributed by atoms with Crippen LogP contribution in [0.3, 0.4) is 0 Å². The normalized spacial score (nSPS) is 10.5. The molecular weight excluding hydrogens is 334 g/mol. The number of aromatic nitrogens is 3. The molecule has 0 aliphatic carbocycles. The number of hydrogen-bond donors (Lipinski definition) is 0. The van der Waals surface area contributed by atoms with E-state index in [1.807, 2.05) is 50.2 Å². The molecule has 1 amide bonds. The van der Waals surface area contributed by atoms with Gasteiger partial charge < -0.3 is 4.90 Å². The van der Waals surface area contributed by atoms with E-state index in [1.165, 1.54) is 11.3 Å². The fourth-order valence-electron chi connectivity index (χ4n) is 2.35. The average Bonchev–Trinajstić information content (AvgIpc) is 3.13. The summed E-state index contributed by atoms with van der Waals surface area (Å²) in [4.78, 5) is 20.3. The van der Waals surface area contributed by atoms with Crippen LogP contribution < -0.4 is 9.80 Å². The van der Waals surface area contributed by atoms with Crippen LogP contribution >= 0.6 is 11.3 Å². The summed E-state index contributed by atoms with van der Waals surface area (Å²) in [7, 11) is 4.00. The second-order valence-electron chi connectivity index (χ2n) is 5.62. The summed E-state index contributed by atoms with van der Waals surface area (Å²) in [5, 5.41) is 9.84. The van der Waals surface area contributed by atoms with E-state index in [-0.39, 0.29) is 5.91 Å². The molecule has 0 aliphatic rings. The molecule has 128 valence electrons. The third-order valence-corrected chi connectivity index (χ3v) is 4.74. The van der Waals surface area contributed by atoms with Crippen molar-refractivity contribution in [2.24, 2.45) is 0 Å². The lowest BCUT2D eigenvalue weighted by molar-refractivity contribution is 0.0988. The van der Waals surface area contributed by atoms with Crippen LogP contribution in [0.25, 0.3) is 10.6 Å². The number of carbonyl (C=O) groups excluding carboxylic acids is 1. The van der Waals surface area contributed by atoms with Gasteiger partial charge in [0, 0.05) is 44.3 Å². The molecule has 0 saturated carbocycles. The lowest BCUT2D eigenvalue weighted by Crippen LogP contribution is -2.30. The van der Waals surface area contributed by atoms with E-state index in [0.717, 1.165) is 16.3 Å². The predicted molar refractivity (Wildman–Crippen MR) is 101 cm³/mol. The molecule has 2 heterocycles.